The van der Waals surface area contributed by atoms with Crippen molar-refractivity contribution < 1.29 is 76.3 Å². The molecule has 0 spiro atoms. The fourth-order valence-electron chi connectivity index (χ4n) is 12.8. The quantitative estimate of drug-likeness (QED) is 0.0135. The van der Waals surface area contributed by atoms with E-state index in [0.717, 1.165) is 109 Å². The van der Waals surface area contributed by atoms with E-state index < -0.39 is 0 Å². The van der Waals surface area contributed by atoms with Crippen LogP contribution in [0.5, 0.6) is 0 Å². The van der Waals surface area contributed by atoms with Gasteiger partial charge in [0.1, 0.15) is 0 Å². The van der Waals surface area contributed by atoms with Gasteiger partial charge in [-0.2, -0.15) is 0 Å². The summed E-state index contributed by atoms with van der Waals surface area (Å²) in [7, 11) is 0. The van der Waals surface area contributed by atoms with Crippen molar-refractivity contribution >= 4 is 200 Å². The maximum absolute atomic E-state index is 11.8. The molecule has 10 aromatic rings. The zero-order valence-corrected chi connectivity index (χ0v) is 84.1. The minimum absolute atomic E-state index is 0.0173. The molecule has 13 rings (SSSR count). The number of benzene rings is 2. The molecule has 16 N–H and O–H groups in total. The zero-order valence-electron chi connectivity index (χ0n) is 70.4. The van der Waals surface area contributed by atoms with Gasteiger partial charge in [0.2, 0.25) is 0 Å². The van der Waals surface area contributed by atoms with Crippen LogP contribution in [0.25, 0.3) is 21.1 Å². The second-order valence-corrected chi connectivity index (χ2v) is 44.0. The number of fused-ring (bicyclic) bond motifs is 3. The number of ether oxygens (including phenoxy) is 8. The van der Waals surface area contributed by atoms with Crippen LogP contribution < -0.4 is 45.9 Å². The van der Waals surface area contributed by atoms with Crippen molar-refractivity contribution in [2.45, 2.75) is 185 Å². The van der Waals surface area contributed by atoms with Crippen molar-refractivity contribution in [3.63, 3.8) is 0 Å². The van der Waals surface area contributed by atoms with E-state index in [-0.39, 0.29) is 164 Å². The van der Waals surface area contributed by atoms with Crippen LogP contribution in [0.3, 0.4) is 0 Å². The third-order valence-electron chi connectivity index (χ3n) is 18.3. The van der Waals surface area contributed by atoms with E-state index in [1.165, 1.54) is 68.5 Å². The van der Waals surface area contributed by atoms with Crippen LogP contribution in [0.1, 0.15) is 263 Å². The monoisotopic (exact) mass is 2180 g/mol. The molecule has 0 radical (unpaired) electrons. The summed E-state index contributed by atoms with van der Waals surface area (Å²) in [6.45, 7) is 25.8. The van der Waals surface area contributed by atoms with Crippen LogP contribution in [-0.4, -0.2) is 217 Å². The number of carbonyl (C=O) groups excluding carboxylic acids is 8. The minimum atomic E-state index is -0.321. The molecule has 0 bridgehead atoms. The van der Waals surface area contributed by atoms with Gasteiger partial charge >= 0.3 is 759 Å². The van der Waals surface area contributed by atoms with Crippen molar-refractivity contribution in [3.8, 4) is 21.1 Å². The van der Waals surface area contributed by atoms with Gasteiger partial charge in [-0.15, -0.1) is 0 Å². The normalized spacial score (nSPS) is 11.9. The Balaban J connectivity index is 0.000000213. The van der Waals surface area contributed by atoms with Gasteiger partial charge in [-0.05, 0) is 0 Å². The van der Waals surface area contributed by atoms with Gasteiger partial charge in [0, 0.05) is 0 Å². The van der Waals surface area contributed by atoms with E-state index in [4.69, 9.17) is 83.8 Å². The number of aryl methyl sites for hydroxylation is 5. The van der Waals surface area contributed by atoms with Gasteiger partial charge in [-0.1, -0.05) is 0 Å². The first-order valence-corrected chi connectivity index (χ1v) is 54.3. The van der Waals surface area contributed by atoms with Crippen LogP contribution in [0.2, 0.25) is 0 Å². The van der Waals surface area contributed by atoms with Crippen molar-refractivity contribution in [3.05, 3.63) is 178 Å². The topological polar surface area (TPSA) is 419 Å². The fraction of sp³-hybridized carbons (Fsp3) is 0.409. The SMILES string of the molecule is CCCCc1c[se]c(N)c1C(=O)OCC.CCOC(=O)c1c(-c2ccccc2)c[se]c1N.CCOC(=O)c1c(C(C)C)c[se]c1N.CCOC(=O)c1c(C)c[se]c1N.CCOC(=O)c1c(N)[se]c2c1CCC2.CCOC(=O)c1c(N)[se]c2c1CCCC2.CCOC(=O)c1c(N)[se]c2c1CCCCC2.CCOC(=O)c1cc(-c2ccccc2)[se]c1N. The average Bonchev–Trinajstić information content (AvgIpc) is 1.65. The fourth-order valence-corrected chi connectivity index (χ4v) is 29.0. The molecule has 0 amide bonds. The van der Waals surface area contributed by atoms with Crippen molar-refractivity contribution in [2.24, 2.45) is 0 Å². The van der Waals surface area contributed by atoms with E-state index in [1.54, 1.807) is 27.7 Å². The van der Waals surface area contributed by atoms with Crippen LogP contribution in [0, 0.1) is 6.92 Å². The predicted molar refractivity (Wildman–Crippen MR) is 488 cm³/mol. The Morgan fingerprint density at radius 1 is 0.350 bits per heavy atom. The molecule has 120 heavy (non-hydrogen) atoms. The van der Waals surface area contributed by atoms with E-state index in [1.807, 2.05) is 111 Å². The van der Waals surface area contributed by atoms with Gasteiger partial charge in [0.25, 0.3) is 0 Å². The standard InChI is InChI=1S/2C13H13NO2Se.C12H17NO2Se.C11H15NO2Se.C11H17NO2Se.C10H13NO2Se.C10H15NO2Se.C8H11NO2Se/c1-2-16-13(15)10-8-11(17-12(10)14)9-6-4-3-5-7-9;1-2-16-13(15)11-10(8-17-12(11)14)9-6-4-3-5-7-9;1-2-15-12(14)10-8-6-4-3-5-7-9(8)16-11(10)13;1-2-14-11(13)9-7-5-3-4-6-8(7)15-10(9)12;1-3-5-6-8-7-15-10(12)9(8)11(13)14-4-2;1-2-13-10(12)8-6-4-3-5-7(6)14-9(8)11;1-4-13-10(12)8-7(6(2)3)5-14-9(8)11;1-3-11-8(10)6-5(2)4-12-7(6)9/h2*3-8H,2,14H2,1H3;2-7,13H2,1H3;2-6,12H2,1H3;7H,3-6,12H2,1-2H3;2-5,11H2,1H3;5-6H,4,11H2,1-3H3;4H,3,9H2,1-2H3. The van der Waals surface area contributed by atoms with Gasteiger partial charge in [0.15, 0.2) is 0 Å². The molecule has 2 aromatic carbocycles. The molecule has 3 aliphatic rings. The van der Waals surface area contributed by atoms with Crippen LogP contribution in [0.4, 0.5) is 36.5 Å². The predicted octanol–water partition coefficient (Wildman–Crippen LogP) is 12.8. The van der Waals surface area contributed by atoms with Crippen LogP contribution in [0.15, 0.2) is 86.5 Å². The Labute approximate surface area is 752 Å². The first-order chi connectivity index (χ1) is 57.6. The van der Waals surface area contributed by atoms with E-state index in [9.17, 15) is 38.4 Å². The van der Waals surface area contributed by atoms with Gasteiger partial charge < -0.3 is 0 Å². The molecular formula is C88H114N8O16Se8. The van der Waals surface area contributed by atoms with Crippen molar-refractivity contribution in [1.82, 2.24) is 0 Å². The number of carbonyl (C=O) groups is 8. The van der Waals surface area contributed by atoms with Gasteiger partial charge in [-0.3, -0.25) is 0 Å². The van der Waals surface area contributed by atoms with E-state index in [0.29, 0.717) is 126 Å². The summed E-state index contributed by atoms with van der Waals surface area (Å²) in [5, 5.41) is 0. The molecule has 0 saturated heterocycles. The Hall–Kier alpha value is -7.40. The van der Waals surface area contributed by atoms with Crippen molar-refractivity contribution in [2.75, 3.05) is 98.7 Å². The van der Waals surface area contributed by atoms with E-state index in [2.05, 4.69) is 30.7 Å². The molecule has 650 valence electrons. The molecule has 0 aliphatic heterocycles. The van der Waals surface area contributed by atoms with E-state index >= 15 is 0 Å². The summed E-state index contributed by atoms with van der Waals surface area (Å²) < 4.78 is 51.1. The molecule has 0 atom stereocenters. The number of esters is 8. The Kier molecular flexibility index (Phi) is 44.7. The summed E-state index contributed by atoms with van der Waals surface area (Å²) >= 11 is 1.10. The molecule has 24 nitrogen and oxygen atoms in total. The molecule has 32 heteroatoms. The number of nitrogens with two attached hydrogens (primary N) is 8. The molecule has 0 fully saturated rings. The number of nitrogen functional groups attached to an aromatic ring is 8. The average molecular weight is 2170 g/mol. The van der Waals surface area contributed by atoms with Crippen LogP contribution >= 0.6 is 0 Å². The molecule has 8 heterocycles. The number of rotatable bonds is 22. The molecule has 8 aromatic heterocycles. The second kappa shape index (κ2) is 52.9. The summed E-state index contributed by atoms with van der Waals surface area (Å²) in [4.78, 5) is 101. The Bertz CT molecular complexity index is 4950. The molecule has 0 unspecified atom stereocenters. The number of anilines is 8. The Morgan fingerprint density at radius 3 is 1.15 bits per heavy atom. The molecule has 0 saturated carbocycles. The number of hydrogen-bond acceptors (Lipinski definition) is 24. The van der Waals surface area contributed by atoms with Gasteiger partial charge in [-0.25, -0.2) is 0 Å². The van der Waals surface area contributed by atoms with Gasteiger partial charge in [0.05, 0.1) is 0 Å². The first-order valence-electron chi connectivity index (χ1n) is 40.1. The third-order valence-corrected chi connectivity index (χ3v) is 34.7. The van der Waals surface area contributed by atoms with Crippen LogP contribution in [-0.2, 0) is 82.8 Å². The molecule has 3 aliphatic carbocycles. The summed E-state index contributed by atoms with van der Waals surface area (Å²) in [5.41, 5.74) is 61.6. The third kappa shape index (κ3) is 29.1. The Morgan fingerprint density at radius 2 is 0.700 bits per heavy atom. The summed E-state index contributed by atoms with van der Waals surface area (Å²) in [6.07, 6.45) is 16.8. The summed E-state index contributed by atoms with van der Waals surface area (Å²) in [5.74, 6) is -1.78. The number of unbranched alkanes of at least 4 members (excludes halogenated alkanes) is 1. The second-order valence-electron chi connectivity index (χ2n) is 27.0. The number of hydrogen-bond donors (Lipinski definition) is 8. The zero-order chi connectivity index (χ0) is 88.1. The van der Waals surface area contributed by atoms with Crippen molar-refractivity contribution in [1.29, 1.82) is 0 Å². The molecular weight excluding hydrogens is 2060 g/mol. The summed E-state index contributed by atoms with van der Waals surface area (Å²) in [6, 6.07) is 21.6. The maximum atomic E-state index is 11.8. The first kappa shape index (κ1) is 101.